The van der Waals surface area contributed by atoms with Gasteiger partial charge in [-0.2, -0.15) is 0 Å². The van der Waals surface area contributed by atoms with Crippen molar-refractivity contribution in [1.29, 1.82) is 0 Å². The molecule has 0 radical (unpaired) electrons. The van der Waals surface area contributed by atoms with E-state index >= 15 is 0 Å². The van der Waals surface area contributed by atoms with E-state index in [9.17, 15) is 17.6 Å². The van der Waals surface area contributed by atoms with E-state index in [0.717, 1.165) is 0 Å². The third-order valence-corrected chi connectivity index (χ3v) is 3.51. The van der Waals surface area contributed by atoms with Crippen molar-refractivity contribution >= 4 is 26.0 Å². The van der Waals surface area contributed by atoms with Gasteiger partial charge in [-0.15, -0.1) is 0 Å². The van der Waals surface area contributed by atoms with Crippen LogP contribution >= 0.6 is 0 Å². The molecule has 0 spiro atoms. The molecule has 2 aromatic rings. The van der Waals surface area contributed by atoms with Gasteiger partial charge in [-0.05, 0) is 0 Å². The molecule has 0 atom stereocenters. The van der Waals surface area contributed by atoms with Crippen molar-refractivity contribution in [1.82, 2.24) is 7.96 Å². The van der Waals surface area contributed by atoms with Gasteiger partial charge in [0, 0.05) is 0 Å². The molecule has 86 valence electrons. The van der Waals surface area contributed by atoms with Crippen LogP contribution in [0.25, 0.3) is 11.0 Å². The number of aromatic nitrogens is 2. The van der Waals surface area contributed by atoms with Crippen LogP contribution in [-0.2, 0) is 6.18 Å². The minimum absolute atomic E-state index is 0.0731. The molecule has 0 amide bonds. The first-order valence-corrected chi connectivity index (χ1v) is 5.85. The summed E-state index contributed by atoms with van der Waals surface area (Å²) in [6, 6.07) is 0. The molecule has 7 heteroatoms. The fourth-order valence-corrected chi connectivity index (χ4v) is 2.96. The topological polar surface area (TPSA) is 25.8 Å². The van der Waals surface area contributed by atoms with Gasteiger partial charge < -0.3 is 0 Å². The van der Waals surface area contributed by atoms with E-state index in [2.05, 4.69) is 7.96 Å². The Bertz CT molecular complexity index is 559. The quantitative estimate of drug-likeness (QED) is 0.551. The molecule has 0 aliphatic heterocycles. The van der Waals surface area contributed by atoms with Gasteiger partial charge >= 0.3 is 94.0 Å². The summed E-state index contributed by atoms with van der Waals surface area (Å²) in [5.74, 6) is -1.24. The average molecular weight is 297 g/mol. The van der Waals surface area contributed by atoms with Crippen molar-refractivity contribution in [3.05, 3.63) is 22.5 Å². The van der Waals surface area contributed by atoms with E-state index in [-0.39, 0.29) is 22.2 Å². The molecule has 0 N–H and O–H groups in total. The summed E-state index contributed by atoms with van der Waals surface area (Å²) in [7, 11) is 0. The van der Waals surface area contributed by atoms with Gasteiger partial charge in [0.05, 0.1) is 0 Å². The normalized spacial score (nSPS) is 12.4. The molecule has 0 unspecified atom stereocenters. The summed E-state index contributed by atoms with van der Waals surface area (Å²) in [6.07, 6.45) is -4.70. The second-order valence-electron chi connectivity index (χ2n) is 3.40. The molecule has 2 nitrogen and oxygen atoms in total. The van der Waals surface area contributed by atoms with E-state index in [1.165, 1.54) is 13.8 Å². The molecule has 0 fully saturated rings. The molecule has 0 aliphatic carbocycles. The maximum absolute atomic E-state index is 13.6. The summed E-state index contributed by atoms with van der Waals surface area (Å²) < 4.78 is 59.4. The first kappa shape index (κ1) is 11.5. The number of rotatable bonds is 0. The molecule has 0 saturated carbocycles. The van der Waals surface area contributed by atoms with Crippen molar-refractivity contribution < 1.29 is 17.6 Å². The fourth-order valence-electron chi connectivity index (χ4n) is 1.59. The van der Waals surface area contributed by atoms with Crippen molar-refractivity contribution in [2.45, 2.75) is 20.0 Å². The molecule has 2 rings (SSSR count). The predicted octanol–water partition coefficient (Wildman–Crippen LogP) is 2.46. The van der Waals surface area contributed by atoms with Crippen LogP contribution in [0.1, 0.15) is 16.7 Å². The number of alkyl halides is 3. The Balaban J connectivity index is 2.94. The Morgan fingerprint density at radius 3 is 2.00 bits per heavy atom. The van der Waals surface area contributed by atoms with Gasteiger partial charge in [-0.1, -0.05) is 0 Å². The Morgan fingerprint density at radius 1 is 1.00 bits per heavy atom. The first-order chi connectivity index (χ1) is 7.34. The van der Waals surface area contributed by atoms with Gasteiger partial charge in [0.1, 0.15) is 0 Å². The van der Waals surface area contributed by atoms with E-state index < -0.39 is 32.5 Å². The zero-order valence-electron chi connectivity index (χ0n) is 8.31. The fraction of sp³-hybridized carbons (Fsp3) is 0.333. The van der Waals surface area contributed by atoms with Crippen molar-refractivity contribution in [3.8, 4) is 0 Å². The third kappa shape index (κ3) is 1.55. The number of hydrogen-bond donors (Lipinski definition) is 0. The number of aryl methyl sites for hydroxylation is 2. The maximum atomic E-state index is 13.6. The molecule has 1 heterocycles. The molecular weight excluding hydrogens is 291 g/mol. The average Bonchev–Trinajstić information content (AvgIpc) is 2.61. The summed E-state index contributed by atoms with van der Waals surface area (Å²) in [5.41, 5.74) is -1.01. The summed E-state index contributed by atoms with van der Waals surface area (Å²) in [5, 5.41) is 0. The molecule has 0 saturated heterocycles. The SMILES string of the molecule is Cc1c(F)c(C(F)(F)F)c(C)c2n[se]nc12. The molecule has 1 aromatic heterocycles. The third-order valence-electron chi connectivity index (χ3n) is 2.41. The number of fused-ring (bicyclic) bond motifs is 1. The van der Waals surface area contributed by atoms with Gasteiger partial charge in [-0.3, -0.25) is 0 Å². The number of halogens is 4. The molecule has 0 aliphatic rings. The second-order valence-corrected chi connectivity index (χ2v) is 4.51. The standard InChI is InChI=1S/C9H6F4N2Se/c1-3-5(9(11,12)13)6(10)4(2)8-7(3)14-16-15-8/h1-2H3. The molecule has 1 aromatic carbocycles. The molecular formula is C9H6F4N2Se. The van der Waals surface area contributed by atoms with Crippen LogP contribution in [0.5, 0.6) is 0 Å². The van der Waals surface area contributed by atoms with Crippen LogP contribution in [0.15, 0.2) is 0 Å². The predicted molar refractivity (Wildman–Crippen MR) is 50.9 cm³/mol. The van der Waals surface area contributed by atoms with Crippen LogP contribution in [0, 0.1) is 19.7 Å². The first-order valence-electron chi connectivity index (χ1n) is 4.32. The number of benzene rings is 1. The van der Waals surface area contributed by atoms with Gasteiger partial charge in [0.25, 0.3) is 0 Å². The van der Waals surface area contributed by atoms with Crippen LogP contribution in [0.4, 0.5) is 17.6 Å². The zero-order chi connectivity index (χ0) is 12.1. The number of nitrogens with zero attached hydrogens (tertiary/aromatic N) is 2. The van der Waals surface area contributed by atoms with Crippen LogP contribution in [0.3, 0.4) is 0 Å². The van der Waals surface area contributed by atoms with E-state index in [1.807, 2.05) is 0 Å². The van der Waals surface area contributed by atoms with E-state index in [0.29, 0.717) is 0 Å². The van der Waals surface area contributed by atoms with E-state index in [4.69, 9.17) is 0 Å². The van der Waals surface area contributed by atoms with Crippen LogP contribution in [-0.4, -0.2) is 22.9 Å². The minimum atomic E-state index is -4.70. The van der Waals surface area contributed by atoms with Gasteiger partial charge in [0.2, 0.25) is 0 Å². The van der Waals surface area contributed by atoms with Crippen molar-refractivity contribution in [3.63, 3.8) is 0 Å². The van der Waals surface area contributed by atoms with Crippen molar-refractivity contribution in [2.24, 2.45) is 0 Å². The van der Waals surface area contributed by atoms with Crippen molar-refractivity contribution in [2.75, 3.05) is 0 Å². The Hall–Kier alpha value is -0.941. The van der Waals surface area contributed by atoms with Crippen LogP contribution < -0.4 is 0 Å². The second kappa shape index (κ2) is 3.53. The Morgan fingerprint density at radius 2 is 1.50 bits per heavy atom. The zero-order valence-corrected chi connectivity index (χ0v) is 10.0. The molecule has 16 heavy (non-hydrogen) atoms. The van der Waals surface area contributed by atoms with Crippen LogP contribution in [0.2, 0.25) is 0 Å². The Kier molecular flexibility index (Phi) is 2.55. The summed E-state index contributed by atoms with van der Waals surface area (Å²) >= 11 is -0.464. The monoisotopic (exact) mass is 298 g/mol. The number of hydrogen-bond acceptors (Lipinski definition) is 2. The summed E-state index contributed by atoms with van der Waals surface area (Å²) in [4.78, 5) is 0. The Labute approximate surface area is 94.5 Å². The van der Waals surface area contributed by atoms with Gasteiger partial charge in [0.15, 0.2) is 0 Å². The van der Waals surface area contributed by atoms with Gasteiger partial charge in [-0.25, -0.2) is 0 Å². The molecule has 0 bridgehead atoms. The summed E-state index contributed by atoms with van der Waals surface area (Å²) in [6.45, 7) is 2.52. The van der Waals surface area contributed by atoms with E-state index in [1.54, 1.807) is 0 Å².